The highest BCUT2D eigenvalue weighted by molar-refractivity contribution is 7.12. The lowest BCUT2D eigenvalue weighted by Crippen LogP contribution is -2.36. The van der Waals surface area contributed by atoms with Crippen LogP contribution in [0.2, 0.25) is 0 Å². The molecule has 4 heterocycles. The molecule has 184 valence electrons. The van der Waals surface area contributed by atoms with Crippen LogP contribution < -0.4 is 4.74 Å². The van der Waals surface area contributed by atoms with Crippen LogP contribution in [0.15, 0.2) is 28.8 Å². The third kappa shape index (κ3) is 5.40. The molecular weight excluding hydrogens is 456 g/mol. The van der Waals surface area contributed by atoms with Crippen LogP contribution in [-0.2, 0) is 19.5 Å². The molecular formula is C28H34N4O2S. The Morgan fingerprint density at radius 2 is 1.83 bits per heavy atom. The van der Waals surface area contributed by atoms with Crippen molar-refractivity contribution in [3.63, 3.8) is 0 Å². The molecule has 0 unspecified atom stereocenters. The van der Waals surface area contributed by atoms with Crippen molar-refractivity contribution in [1.82, 2.24) is 15.0 Å². The van der Waals surface area contributed by atoms with Crippen molar-refractivity contribution in [3.8, 4) is 11.8 Å². The number of likely N-dealkylation sites (tertiary alicyclic amines) is 2. The fraction of sp³-hybridized carbons (Fsp3) is 0.571. The summed E-state index contributed by atoms with van der Waals surface area (Å²) in [7, 11) is 0. The molecule has 2 saturated heterocycles. The minimum absolute atomic E-state index is 0.734. The van der Waals surface area contributed by atoms with Crippen molar-refractivity contribution in [2.24, 2.45) is 11.8 Å². The Morgan fingerprint density at radius 3 is 2.54 bits per heavy atom. The SMILES string of the molecule is N#Cc1ccc(CN2CCC(CCc3noc4c(CN5CCC5)c(OCC5CC5)ccc34)CC2)s1. The van der Waals surface area contributed by atoms with Gasteiger partial charge in [-0.2, -0.15) is 5.26 Å². The summed E-state index contributed by atoms with van der Waals surface area (Å²) in [6, 6.07) is 10.6. The van der Waals surface area contributed by atoms with Crippen LogP contribution in [0, 0.1) is 23.2 Å². The van der Waals surface area contributed by atoms with Gasteiger partial charge in [-0.05, 0) is 107 Å². The first-order valence-electron chi connectivity index (χ1n) is 13.2. The van der Waals surface area contributed by atoms with E-state index < -0.39 is 0 Å². The zero-order valence-electron chi connectivity index (χ0n) is 20.4. The van der Waals surface area contributed by atoms with E-state index in [0.717, 1.165) is 92.5 Å². The minimum atomic E-state index is 0.734. The van der Waals surface area contributed by atoms with Gasteiger partial charge in [-0.3, -0.25) is 9.80 Å². The predicted octanol–water partition coefficient (Wildman–Crippen LogP) is 5.60. The number of nitriles is 1. The second kappa shape index (κ2) is 10.3. The molecule has 35 heavy (non-hydrogen) atoms. The van der Waals surface area contributed by atoms with Crippen LogP contribution in [0.5, 0.6) is 5.75 Å². The fourth-order valence-corrected chi connectivity index (χ4v) is 6.18. The lowest BCUT2D eigenvalue weighted by atomic mass is 9.91. The normalized spacial score (nSPS) is 19.6. The van der Waals surface area contributed by atoms with Crippen molar-refractivity contribution < 1.29 is 9.26 Å². The monoisotopic (exact) mass is 490 g/mol. The highest BCUT2D eigenvalue weighted by atomic mass is 32.1. The Morgan fingerprint density at radius 1 is 1.00 bits per heavy atom. The van der Waals surface area contributed by atoms with Gasteiger partial charge in [-0.1, -0.05) is 5.16 Å². The van der Waals surface area contributed by atoms with Crippen molar-refractivity contribution in [1.29, 1.82) is 5.26 Å². The molecule has 3 aromatic rings. The van der Waals surface area contributed by atoms with E-state index in [-0.39, 0.29) is 0 Å². The molecule has 3 fully saturated rings. The second-order valence-electron chi connectivity index (χ2n) is 10.6. The summed E-state index contributed by atoms with van der Waals surface area (Å²) >= 11 is 1.62. The van der Waals surface area contributed by atoms with E-state index in [9.17, 15) is 0 Å². The lowest BCUT2D eigenvalue weighted by Gasteiger charge is -2.31. The van der Waals surface area contributed by atoms with Crippen molar-refractivity contribution in [3.05, 3.63) is 45.3 Å². The quantitative estimate of drug-likeness (QED) is 0.369. The van der Waals surface area contributed by atoms with E-state index in [1.807, 2.05) is 6.07 Å². The van der Waals surface area contributed by atoms with Gasteiger partial charge in [0.1, 0.15) is 16.7 Å². The Kier molecular flexibility index (Phi) is 6.78. The molecule has 3 aliphatic rings. The highest BCUT2D eigenvalue weighted by Crippen LogP contribution is 2.36. The first-order chi connectivity index (χ1) is 17.2. The van der Waals surface area contributed by atoms with E-state index in [0.29, 0.717) is 0 Å². The third-order valence-electron chi connectivity index (χ3n) is 7.93. The smallest absolute Gasteiger partial charge is 0.175 e. The molecule has 0 N–H and O–H groups in total. The number of aryl methyl sites for hydroxylation is 1. The average molecular weight is 491 g/mol. The molecule has 0 radical (unpaired) electrons. The summed E-state index contributed by atoms with van der Waals surface area (Å²) in [5.41, 5.74) is 3.22. The first kappa shape index (κ1) is 23.0. The predicted molar refractivity (Wildman–Crippen MR) is 137 cm³/mol. The number of fused-ring (bicyclic) bond motifs is 1. The number of hydrogen-bond acceptors (Lipinski definition) is 7. The van der Waals surface area contributed by atoms with Crippen LogP contribution in [-0.4, -0.2) is 47.7 Å². The molecule has 0 amide bonds. The second-order valence-corrected chi connectivity index (χ2v) is 11.7. The van der Waals surface area contributed by atoms with E-state index in [2.05, 4.69) is 39.2 Å². The van der Waals surface area contributed by atoms with Gasteiger partial charge < -0.3 is 9.26 Å². The van der Waals surface area contributed by atoms with Gasteiger partial charge in [0.05, 0.1) is 17.9 Å². The zero-order valence-corrected chi connectivity index (χ0v) is 21.2. The topological polar surface area (TPSA) is 65.5 Å². The lowest BCUT2D eigenvalue weighted by molar-refractivity contribution is 0.169. The van der Waals surface area contributed by atoms with Gasteiger partial charge in [-0.25, -0.2) is 0 Å². The molecule has 7 heteroatoms. The maximum atomic E-state index is 9.05. The molecule has 1 saturated carbocycles. The summed E-state index contributed by atoms with van der Waals surface area (Å²) in [5, 5.41) is 14.8. The third-order valence-corrected chi connectivity index (χ3v) is 8.90. The molecule has 0 bridgehead atoms. The van der Waals surface area contributed by atoms with E-state index in [4.69, 9.17) is 14.5 Å². The van der Waals surface area contributed by atoms with Gasteiger partial charge in [-0.15, -0.1) is 11.3 Å². The molecule has 0 spiro atoms. The Bertz CT molecular complexity index is 1200. The van der Waals surface area contributed by atoms with Crippen LogP contribution in [0.1, 0.15) is 59.5 Å². The Labute approximate surface area is 211 Å². The van der Waals surface area contributed by atoms with Crippen molar-refractivity contribution >= 4 is 22.3 Å². The van der Waals surface area contributed by atoms with E-state index >= 15 is 0 Å². The van der Waals surface area contributed by atoms with Crippen LogP contribution in [0.25, 0.3) is 11.0 Å². The number of thiophene rings is 1. The summed E-state index contributed by atoms with van der Waals surface area (Å²) in [6.07, 6.45) is 8.46. The van der Waals surface area contributed by atoms with Crippen LogP contribution in [0.3, 0.4) is 0 Å². The van der Waals surface area contributed by atoms with Gasteiger partial charge in [0.15, 0.2) is 5.58 Å². The summed E-state index contributed by atoms with van der Waals surface area (Å²) in [6.45, 7) is 7.26. The van der Waals surface area contributed by atoms with Crippen molar-refractivity contribution in [2.75, 3.05) is 32.8 Å². The van der Waals surface area contributed by atoms with E-state index in [1.54, 1.807) is 11.3 Å². The molecule has 1 aliphatic carbocycles. The molecule has 6 nitrogen and oxygen atoms in total. The molecule has 2 aliphatic heterocycles. The molecule has 0 atom stereocenters. The average Bonchev–Trinajstić information content (AvgIpc) is 3.42. The largest absolute Gasteiger partial charge is 0.493 e. The Hall–Kier alpha value is -2.40. The first-order valence-corrected chi connectivity index (χ1v) is 14.0. The number of aromatic nitrogens is 1. The number of ether oxygens (including phenoxy) is 1. The number of piperidine rings is 1. The summed E-state index contributed by atoms with van der Waals surface area (Å²) in [5.74, 6) is 2.45. The summed E-state index contributed by atoms with van der Waals surface area (Å²) < 4.78 is 12.2. The number of benzene rings is 1. The number of rotatable bonds is 10. The Balaban J connectivity index is 1.07. The number of hydrogen-bond donors (Lipinski definition) is 0. The molecule has 6 rings (SSSR count). The highest BCUT2D eigenvalue weighted by Gasteiger charge is 2.26. The fourth-order valence-electron chi connectivity index (χ4n) is 5.33. The standard InChI is InChI=1S/C28H34N4O2S/c29-16-22-5-6-23(35-22)17-32-14-10-20(11-15-32)4-8-26-24-7-9-27(33-19-21-2-3-21)25(28(24)34-30-26)18-31-12-1-13-31/h5-7,9,20-21H,1-4,8,10-15,17-19H2. The maximum Gasteiger partial charge on any atom is 0.175 e. The van der Waals surface area contributed by atoms with Crippen LogP contribution >= 0.6 is 11.3 Å². The zero-order chi connectivity index (χ0) is 23.6. The van der Waals surface area contributed by atoms with Gasteiger partial charge in [0, 0.05) is 23.4 Å². The van der Waals surface area contributed by atoms with Gasteiger partial charge in [0.25, 0.3) is 0 Å². The maximum absolute atomic E-state index is 9.05. The molecule has 1 aromatic carbocycles. The van der Waals surface area contributed by atoms with E-state index in [1.165, 1.54) is 47.9 Å². The van der Waals surface area contributed by atoms with Crippen LogP contribution in [0.4, 0.5) is 0 Å². The van der Waals surface area contributed by atoms with Crippen molar-refractivity contribution in [2.45, 2.75) is 58.0 Å². The summed E-state index contributed by atoms with van der Waals surface area (Å²) in [4.78, 5) is 7.10. The van der Waals surface area contributed by atoms with Gasteiger partial charge in [0.2, 0.25) is 0 Å². The van der Waals surface area contributed by atoms with Gasteiger partial charge >= 0.3 is 0 Å². The minimum Gasteiger partial charge on any atom is -0.493 e. The number of nitrogens with zero attached hydrogens (tertiary/aromatic N) is 4. The molecule has 2 aromatic heterocycles.